The molecule has 1 aromatic heterocycles. The molecule has 3 nitrogen and oxygen atoms in total. The molecular weight excluding hydrogens is 206 g/mol. The molecule has 11 heavy (non-hydrogen) atoms. The van der Waals surface area contributed by atoms with Gasteiger partial charge in [0.15, 0.2) is 0 Å². The van der Waals surface area contributed by atoms with E-state index in [1.54, 1.807) is 0 Å². The fourth-order valence-electron chi connectivity index (χ4n) is 1.17. The SMILES string of the molecule is Cc1c(Br)nn2c1C=NCC2. The number of hydrogen-bond donors (Lipinski definition) is 0. The van der Waals surface area contributed by atoms with Crippen molar-refractivity contribution in [2.45, 2.75) is 13.5 Å². The average Bonchev–Trinajstić information content (AvgIpc) is 2.30. The Balaban J connectivity index is 2.61. The molecule has 2 heterocycles. The van der Waals surface area contributed by atoms with Crippen LogP contribution >= 0.6 is 15.9 Å². The molecule has 0 saturated carbocycles. The molecular formula is C7H8BrN3. The van der Waals surface area contributed by atoms with Gasteiger partial charge in [-0.3, -0.25) is 9.67 Å². The second kappa shape index (κ2) is 2.44. The van der Waals surface area contributed by atoms with Gasteiger partial charge in [0.05, 0.1) is 18.8 Å². The van der Waals surface area contributed by atoms with E-state index in [1.807, 2.05) is 17.8 Å². The Bertz CT molecular complexity index is 314. The largest absolute Gasteiger partial charge is 0.289 e. The second-order valence-corrected chi connectivity index (χ2v) is 3.31. The minimum absolute atomic E-state index is 0.848. The summed E-state index contributed by atoms with van der Waals surface area (Å²) in [6.07, 6.45) is 1.89. The lowest BCUT2D eigenvalue weighted by molar-refractivity contribution is 0.607. The molecule has 0 N–H and O–H groups in total. The van der Waals surface area contributed by atoms with Crippen LogP contribution in [0.2, 0.25) is 0 Å². The molecule has 58 valence electrons. The van der Waals surface area contributed by atoms with E-state index in [1.165, 1.54) is 5.56 Å². The van der Waals surface area contributed by atoms with Crippen molar-refractivity contribution in [1.82, 2.24) is 9.78 Å². The topological polar surface area (TPSA) is 30.2 Å². The van der Waals surface area contributed by atoms with Crippen LogP contribution in [-0.2, 0) is 6.54 Å². The summed E-state index contributed by atoms with van der Waals surface area (Å²) in [5.74, 6) is 0. The minimum atomic E-state index is 0.848. The van der Waals surface area contributed by atoms with Crippen molar-refractivity contribution in [1.29, 1.82) is 0 Å². The van der Waals surface area contributed by atoms with Crippen LogP contribution in [-0.4, -0.2) is 22.5 Å². The third kappa shape index (κ3) is 1.01. The van der Waals surface area contributed by atoms with Crippen molar-refractivity contribution in [3.63, 3.8) is 0 Å². The number of halogens is 1. The maximum absolute atomic E-state index is 4.29. The predicted molar refractivity (Wildman–Crippen MR) is 47.1 cm³/mol. The zero-order valence-electron chi connectivity index (χ0n) is 6.21. The number of hydrogen-bond acceptors (Lipinski definition) is 2. The Kier molecular flexibility index (Phi) is 1.56. The number of aliphatic imine (C=N–C) groups is 1. The molecule has 0 amide bonds. The van der Waals surface area contributed by atoms with Gasteiger partial charge in [0, 0.05) is 11.8 Å². The molecule has 0 unspecified atom stereocenters. The van der Waals surface area contributed by atoms with E-state index in [-0.39, 0.29) is 0 Å². The summed E-state index contributed by atoms with van der Waals surface area (Å²) in [6.45, 7) is 3.79. The zero-order valence-corrected chi connectivity index (χ0v) is 7.80. The van der Waals surface area contributed by atoms with Gasteiger partial charge in [-0.05, 0) is 22.9 Å². The monoisotopic (exact) mass is 213 g/mol. The van der Waals surface area contributed by atoms with Gasteiger partial charge < -0.3 is 0 Å². The maximum atomic E-state index is 4.29. The van der Waals surface area contributed by atoms with Gasteiger partial charge in [-0.15, -0.1) is 0 Å². The highest BCUT2D eigenvalue weighted by atomic mass is 79.9. The Labute approximate surface area is 73.3 Å². The van der Waals surface area contributed by atoms with Gasteiger partial charge in [0.25, 0.3) is 0 Å². The normalized spacial score (nSPS) is 15.1. The Morgan fingerprint density at radius 2 is 2.45 bits per heavy atom. The number of fused-ring (bicyclic) bond motifs is 1. The van der Waals surface area contributed by atoms with Gasteiger partial charge >= 0.3 is 0 Å². The summed E-state index contributed by atoms with van der Waals surface area (Å²) >= 11 is 3.38. The molecule has 0 radical (unpaired) electrons. The van der Waals surface area contributed by atoms with Crippen LogP contribution in [0.3, 0.4) is 0 Å². The van der Waals surface area contributed by atoms with Crippen LogP contribution in [0.5, 0.6) is 0 Å². The number of aromatic nitrogens is 2. The molecule has 0 spiro atoms. The molecule has 1 aromatic rings. The van der Waals surface area contributed by atoms with Crippen molar-refractivity contribution in [2.24, 2.45) is 4.99 Å². The van der Waals surface area contributed by atoms with E-state index in [0.29, 0.717) is 0 Å². The van der Waals surface area contributed by atoms with Crippen LogP contribution in [0.15, 0.2) is 9.60 Å². The summed E-state index contributed by atoms with van der Waals surface area (Å²) in [6, 6.07) is 0. The molecule has 0 atom stereocenters. The van der Waals surface area contributed by atoms with Gasteiger partial charge in [-0.25, -0.2) is 0 Å². The van der Waals surface area contributed by atoms with Crippen molar-refractivity contribution < 1.29 is 0 Å². The fraction of sp³-hybridized carbons (Fsp3) is 0.429. The minimum Gasteiger partial charge on any atom is -0.289 e. The summed E-state index contributed by atoms with van der Waals surface area (Å²) in [5.41, 5.74) is 2.30. The van der Waals surface area contributed by atoms with Crippen molar-refractivity contribution >= 4 is 22.1 Å². The fourth-order valence-corrected chi connectivity index (χ4v) is 1.57. The smallest absolute Gasteiger partial charge is 0.131 e. The maximum Gasteiger partial charge on any atom is 0.131 e. The summed E-state index contributed by atoms with van der Waals surface area (Å²) in [5, 5.41) is 4.29. The molecule has 4 heteroatoms. The highest BCUT2D eigenvalue weighted by Gasteiger charge is 2.12. The standard InChI is InChI=1S/C7H8BrN3/c1-5-6-4-9-2-3-11(6)10-7(5)8/h4H,2-3H2,1H3. The first kappa shape index (κ1) is 7.03. The molecule has 0 bridgehead atoms. The Morgan fingerprint density at radius 1 is 1.64 bits per heavy atom. The summed E-state index contributed by atoms with van der Waals surface area (Å²) < 4.78 is 2.91. The van der Waals surface area contributed by atoms with Gasteiger partial charge in [-0.2, -0.15) is 5.10 Å². The first-order valence-electron chi connectivity index (χ1n) is 3.52. The van der Waals surface area contributed by atoms with Crippen LogP contribution in [0.1, 0.15) is 11.3 Å². The summed E-state index contributed by atoms with van der Waals surface area (Å²) in [7, 11) is 0. The molecule has 0 saturated heterocycles. The van der Waals surface area contributed by atoms with E-state index in [9.17, 15) is 0 Å². The molecule has 0 aromatic carbocycles. The lowest BCUT2D eigenvalue weighted by atomic mass is 10.3. The van der Waals surface area contributed by atoms with Gasteiger partial charge in [-0.1, -0.05) is 0 Å². The molecule has 1 aliphatic heterocycles. The van der Waals surface area contributed by atoms with E-state index in [4.69, 9.17) is 0 Å². The Morgan fingerprint density at radius 3 is 3.18 bits per heavy atom. The predicted octanol–water partition coefficient (Wildman–Crippen LogP) is 1.39. The van der Waals surface area contributed by atoms with Crippen molar-refractivity contribution in [3.8, 4) is 0 Å². The van der Waals surface area contributed by atoms with E-state index in [2.05, 4.69) is 26.0 Å². The summed E-state index contributed by atoms with van der Waals surface area (Å²) in [4.78, 5) is 4.19. The molecule has 1 aliphatic rings. The molecule has 0 fully saturated rings. The van der Waals surface area contributed by atoms with Crippen molar-refractivity contribution in [3.05, 3.63) is 15.9 Å². The van der Waals surface area contributed by atoms with Crippen LogP contribution in [0.4, 0.5) is 0 Å². The van der Waals surface area contributed by atoms with E-state index >= 15 is 0 Å². The third-order valence-corrected chi connectivity index (χ3v) is 2.59. The highest BCUT2D eigenvalue weighted by molar-refractivity contribution is 9.10. The number of nitrogens with zero attached hydrogens (tertiary/aromatic N) is 3. The van der Waals surface area contributed by atoms with E-state index in [0.717, 1.165) is 23.4 Å². The lowest BCUT2D eigenvalue weighted by Gasteiger charge is -2.06. The first-order valence-corrected chi connectivity index (χ1v) is 4.31. The quantitative estimate of drug-likeness (QED) is 0.641. The average molecular weight is 214 g/mol. The Hall–Kier alpha value is -0.640. The lowest BCUT2D eigenvalue weighted by Crippen LogP contribution is -2.12. The number of rotatable bonds is 0. The zero-order chi connectivity index (χ0) is 7.84. The molecule has 0 aliphatic carbocycles. The van der Waals surface area contributed by atoms with Crippen molar-refractivity contribution in [2.75, 3.05) is 6.54 Å². The van der Waals surface area contributed by atoms with Crippen LogP contribution in [0.25, 0.3) is 0 Å². The van der Waals surface area contributed by atoms with Crippen LogP contribution < -0.4 is 0 Å². The van der Waals surface area contributed by atoms with Gasteiger partial charge in [0.2, 0.25) is 0 Å². The molecule has 2 rings (SSSR count). The van der Waals surface area contributed by atoms with Crippen LogP contribution in [0, 0.1) is 6.92 Å². The van der Waals surface area contributed by atoms with Gasteiger partial charge in [0.1, 0.15) is 4.60 Å². The third-order valence-electron chi connectivity index (χ3n) is 1.83. The second-order valence-electron chi connectivity index (χ2n) is 2.56. The highest BCUT2D eigenvalue weighted by Crippen LogP contribution is 2.18. The van der Waals surface area contributed by atoms with E-state index < -0.39 is 0 Å². The first-order chi connectivity index (χ1) is 5.29.